The molecule has 0 saturated heterocycles. The van der Waals surface area contributed by atoms with Crippen LogP contribution in [0, 0.1) is 5.53 Å². The smallest absolute Gasteiger partial charge is 0.290 e. The monoisotopic (exact) mass is 348 g/mol. The largest absolute Gasteiger partial charge is 0.497 e. The molecule has 130 valence electrons. The Hall–Kier alpha value is -3.00. The summed E-state index contributed by atoms with van der Waals surface area (Å²) in [6, 6.07) is 11.6. The molecular formula is C18H17BN4O3. The molecule has 0 fully saturated rings. The second-order valence-corrected chi connectivity index (χ2v) is 6.19. The van der Waals surface area contributed by atoms with E-state index in [9.17, 15) is 9.59 Å². The number of ether oxygens (including phenoxy) is 1. The van der Waals surface area contributed by atoms with E-state index in [1.54, 1.807) is 49.6 Å². The Morgan fingerprint density at radius 3 is 2.65 bits per heavy atom. The second-order valence-electron chi connectivity index (χ2n) is 6.19. The van der Waals surface area contributed by atoms with Gasteiger partial charge >= 0.3 is 0 Å². The SMILES string of the molecule is [B]c1ccc(C(N)(CN2Cc3cc(OC)ccc3C2=O)C(=O)N=N)cc1. The Kier molecular flexibility index (Phi) is 4.61. The van der Waals surface area contributed by atoms with E-state index < -0.39 is 11.4 Å². The molecule has 26 heavy (non-hydrogen) atoms. The normalized spacial score (nSPS) is 15.3. The predicted octanol–water partition coefficient (Wildman–Crippen LogP) is 0.857. The van der Waals surface area contributed by atoms with Crippen LogP contribution in [0.4, 0.5) is 0 Å². The third-order valence-corrected chi connectivity index (χ3v) is 4.54. The number of benzene rings is 2. The lowest BCUT2D eigenvalue weighted by Crippen LogP contribution is -2.53. The van der Waals surface area contributed by atoms with Crippen LogP contribution in [0.25, 0.3) is 0 Å². The van der Waals surface area contributed by atoms with E-state index in [0.717, 1.165) is 5.56 Å². The maximum Gasteiger partial charge on any atom is 0.290 e. The van der Waals surface area contributed by atoms with Crippen molar-refractivity contribution in [3.63, 3.8) is 0 Å². The lowest BCUT2D eigenvalue weighted by Gasteiger charge is -2.30. The molecule has 0 aliphatic carbocycles. The van der Waals surface area contributed by atoms with Gasteiger partial charge < -0.3 is 15.4 Å². The highest BCUT2D eigenvalue weighted by Crippen LogP contribution is 2.30. The van der Waals surface area contributed by atoms with Crippen LogP contribution in [0.3, 0.4) is 0 Å². The van der Waals surface area contributed by atoms with Crippen molar-refractivity contribution in [2.45, 2.75) is 12.1 Å². The van der Waals surface area contributed by atoms with Crippen LogP contribution in [-0.4, -0.2) is 38.2 Å². The molecule has 3 N–H and O–H groups in total. The number of nitrogens with two attached hydrogens (primary N) is 1. The molecule has 1 atom stereocenters. The molecule has 7 nitrogen and oxygen atoms in total. The lowest BCUT2D eigenvalue weighted by atomic mass is 9.86. The van der Waals surface area contributed by atoms with E-state index in [4.69, 9.17) is 23.8 Å². The number of nitrogens with zero attached hydrogens (tertiary/aromatic N) is 2. The van der Waals surface area contributed by atoms with E-state index in [-0.39, 0.29) is 12.5 Å². The van der Waals surface area contributed by atoms with Gasteiger partial charge in [0.2, 0.25) is 0 Å². The second kappa shape index (κ2) is 6.72. The van der Waals surface area contributed by atoms with Gasteiger partial charge in [-0.05, 0) is 29.3 Å². The molecule has 3 rings (SSSR count). The van der Waals surface area contributed by atoms with Gasteiger partial charge in [-0.3, -0.25) is 9.59 Å². The first-order chi connectivity index (χ1) is 12.4. The van der Waals surface area contributed by atoms with Gasteiger partial charge in [0.1, 0.15) is 19.1 Å². The number of carbonyl (C=O) groups excluding carboxylic acids is 2. The highest BCUT2D eigenvalue weighted by atomic mass is 16.5. The van der Waals surface area contributed by atoms with Gasteiger partial charge in [0.25, 0.3) is 11.8 Å². The highest BCUT2D eigenvalue weighted by molar-refractivity contribution is 6.32. The molecule has 2 amide bonds. The minimum absolute atomic E-state index is 0.103. The van der Waals surface area contributed by atoms with Gasteiger partial charge in [0.05, 0.1) is 13.7 Å². The third kappa shape index (κ3) is 2.99. The summed E-state index contributed by atoms with van der Waals surface area (Å²) >= 11 is 0. The molecule has 2 aromatic carbocycles. The zero-order valence-electron chi connectivity index (χ0n) is 14.2. The molecule has 1 heterocycles. The van der Waals surface area contributed by atoms with Gasteiger partial charge in [0.15, 0.2) is 0 Å². The maximum absolute atomic E-state index is 12.7. The summed E-state index contributed by atoms with van der Waals surface area (Å²) in [5.74, 6) is -0.414. The molecule has 2 radical (unpaired) electrons. The number of fused-ring (bicyclic) bond motifs is 1. The van der Waals surface area contributed by atoms with Crippen molar-refractivity contribution in [3.05, 3.63) is 59.2 Å². The third-order valence-electron chi connectivity index (χ3n) is 4.54. The van der Waals surface area contributed by atoms with E-state index in [1.165, 1.54) is 4.90 Å². The van der Waals surface area contributed by atoms with Gasteiger partial charge in [-0.25, -0.2) is 5.53 Å². The fraction of sp³-hybridized carbons (Fsp3) is 0.222. The van der Waals surface area contributed by atoms with E-state index in [1.807, 2.05) is 0 Å². The Bertz CT molecular complexity index is 885. The molecule has 0 saturated carbocycles. The van der Waals surface area contributed by atoms with Crippen LogP contribution < -0.4 is 15.9 Å². The number of nitrogens with one attached hydrogen (secondary N) is 1. The average Bonchev–Trinajstić information content (AvgIpc) is 2.96. The van der Waals surface area contributed by atoms with Crippen molar-refractivity contribution in [2.75, 3.05) is 13.7 Å². The zero-order valence-corrected chi connectivity index (χ0v) is 14.2. The first kappa shape index (κ1) is 17.8. The summed E-state index contributed by atoms with van der Waals surface area (Å²) in [7, 11) is 7.24. The van der Waals surface area contributed by atoms with Crippen molar-refractivity contribution >= 4 is 25.1 Å². The minimum Gasteiger partial charge on any atom is -0.497 e. The van der Waals surface area contributed by atoms with Crippen molar-refractivity contribution in [2.24, 2.45) is 10.8 Å². The van der Waals surface area contributed by atoms with Crippen molar-refractivity contribution in [3.8, 4) is 5.75 Å². The van der Waals surface area contributed by atoms with Crippen LogP contribution in [0.5, 0.6) is 5.75 Å². The summed E-state index contributed by atoms with van der Waals surface area (Å²) in [4.78, 5) is 26.5. The van der Waals surface area contributed by atoms with Crippen molar-refractivity contribution in [1.29, 1.82) is 5.53 Å². The number of amides is 2. The summed E-state index contributed by atoms with van der Waals surface area (Å²) in [5, 5.41) is 3.00. The number of hydrogen-bond donors (Lipinski definition) is 2. The molecule has 2 aromatic rings. The molecule has 1 unspecified atom stereocenters. The van der Waals surface area contributed by atoms with E-state index >= 15 is 0 Å². The zero-order chi connectivity index (χ0) is 18.9. The lowest BCUT2D eigenvalue weighted by molar-refractivity contribution is -0.124. The maximum atomic E-state index is 12.7. The first-order valence-electron chi connectivity index (χ1n) is 7.92. The van der Waals surface area contributed by atoms with Crippen LogP contribution >= 0.6 is 0 Å². The summed E-state index contributed by atoms with van der Waals surface area (Å²) in [6.07, 6.45) is 0. The summed E-state index contributed by atoms with van der Waals surface area (Å²) in [5.41, 5.74) is 14.1. The Labute approximate surface area is 152 Å². The molecule has 0 spiro atoms. The van der Waals surface area contributed by atoms with Gasteiger partial charge in [-0.1, -0.05) is 29.7 Å². The minimum atomic E-state index is -1.63. The molecule has 0 bridgehead atoms. The van der Waals surface area contributed by atoms with Crippen molar-refractivity contribution < 1.29 is 14.3 Å². The Balaban J connectivity index is 1.93. The Morgan fingerprint density at radius 1 is 1.35 bits per heavy atom. The quantitative estimate of drug-likeness (QED) is 0.617. The molecule has 1 aliphatic heterocycles. The topological polar surface area (TPSA) is 109 Å². The van der Waals surface area contributed by atoms with Gasteiger partial charge in [0, 0.05) is 12.1 Å². The fourth-order valence-electron chi connectivity index (χ4n) is 3.08. The van der Waals surface area contributed by atoms with E-state index in [2.05, 4.69) is 5.11 Å². The van der Waals surface area contributed by atoms with Crippen molar-refractivity contribution in [1.82, 2.24) is 4.90 Å². The average molecular weight is 348 g/mol. The van der Waals surface area contributed by atoms with Gasteiger partial charge in [-0.2, -0.15) is 0 Å². The molecular weight excluding hydrogens is 331 g/mol. The van der Waals surface area contributed by atoms with E-state index in [0.29, 0.717) is 28.9 Å². The number of methoxy groups -OCH3 is 1. The van der Waals surface area contributed by atoms with Crippen LogP contribution in [0.2, 0.25) is 0 Å². The fourth-order valence-corrected chi connectivity index (χ4v) is 3.08. The predicted molar refractivity (Wildman–Crippen MR) is 95.6 cm³/mol. The number of hydrogen-bond acceptors (Lipinski definition) is 5. The molecule has 0 aromatic heterocycles. The van der Waals surface area contributed by atoms with Crippen LogP contribution in [-0.2, 0) is 16.9 Å². The van der Waals surface area contributed by atoms with Crippen LogP contribution in [0.1, 0.15) is 21.5 Å². The Morgan fingerprint density at radius 2 is 2.04 bits per heavy atom. The number of rotatable bonds is 5. The standard InChI is InChI=1S/C18H17BN4O3/c1-26-14-6-7-15-11(8-14)9-23(16(15)24)10-18(20,17(25)22-21)12-2-4-13(19)5-3-12/h2-8,21H,9-10,20H2,1H3. The summed E-state index contributed by atoms with van der Waals surface area (Å²) < 4.78 is 5.19. The molecule has 1 aliphatic rings. The van der Waals surface area contributed by atoms with Gasteiger partial charge in [-0.15, -0.1) is 5.11 Å². The highest BCUT2D eigenvalue weighted by Gasteiger charge is 2.41. The summed E-state index contributed by atoms with van der Waals surface area (Å²) in [6.45, 7) is 0.193. The number of carbonyl (C=O) groups is 2. The first-order valence-corrected chi connectivity index (χ1v) is 7.92. The molecule has 8 heteroatoms. The van der Waals surface area contributed by atoms with Crippen LogP contribution in [0.15, 0.2) is 47.6 Å².